The molecule has 2 fully saturated rings. The summed E-state index contributed by atoms with van der Waals surface area (Å²) < 4.78 is 11.0. The molecule has 0 amide bonds. The van der Waals surface area contributed by atoms with Gasteiger partial charge in [-0.15, -0.1) is 0 Å². The van der Waals surface area contributed by atoms with Crippen LogP contribution in [0, 0.1) is 5.41 Å². The molecule has 1 heterocycles. The highest BCUT2D eigenvalue weighted by Crippen LogP contribution is 2.53. The Hall–Kier alpha value is -0.940. The normalized spacial score (nSPS) is 28.4. The van der Waals surface area contributed by atoms with Crippen LogP contribution in [0.4, 0.5) is 0 Å². The molecule has 1 aromatic heterocycles. The number of ether oxygens (including phenoxy) is 1. The lowest BCUT2D eigenvalue weighted by Gasteiger charge is -2.58. The first-order valence-corrected chi connectivity index (χ1v) is 7.95. The van der Waals surface area contributed by atoms with E-state index in [0.29, 0.717) is 17.6 Å². The van der Waals surface area contributed by atoms with Gasteiger partial charge in [0.2, 0.25) is 5.89 Å². The maximum atomic E-state index is 5.97. The van der Waals surface area contributed by atoms with Crippen molar-refractivity contribution < 1.29 is 9.26 Å². The van der Waals surface area contributed by atoms with Crippen LogP contribution >= 0.6 is 0 Å². The van der Waals surface area contributed by atoms with Gasteiger partial charge in [-0.3, -0.25) is 0 Å². The molecule has 0 bridgehead atoms. The Bertz CT molecular complexity index is 401. The molecule has 1 N–H and O–H groups in total. The second kappa shape index (κ2) is 6.22. The Kier molecular flexibility index (Phi) is 4.36. The van der Waals surface area contributed by atoms with Gasteiger partial charge in [-0.25, -0.2) is 0 Å². The Morgan fingerprint density at radius 3 is 2.95 bits per heavy atom. The van der Waals surface area contributed by atoms with Gasteiger partial charge in [0.05, 0.1) is 6.10 Å². The third-order valence-electron chi connectivity index (χ3n) is 5.07. The van der Waals surface area contributed by atoms with Crippen LogP contribution in [0.1, 0.15) is 51.3 Å². The number of hydrogen-bond acceptors (Lipinski definition) is 5. The van der Waals surface area contributed by atoms with E-state index in [-0.39, 0.29) is 0 Å². The zero-order valence-electron chi connectivity index (χ0n) is 12.3. The number of nitrogens with zero attached hydrogens (tertiary/aromatic N) is 2. The largest absolute Gasteiger partial charge is 0.378 e. The molecule has 2 saturated carbocycles. The lowest BCUT2D eigenvalue weighted by Crippen LogP contribution is -2.64. The van der Waals surface area contributed by atoms with E-state index < -0.39 is 0 Å². The van der Waals surface area contributed by atoms with E-state index >= 15 is 0 Å². The van der Waals surface area contributed by atoms with Gasteiger partial charge in [0.1, 0.15) is 0 Å². The van der Waals surface area contributed by atoms with E-state index in [1.165, 1.54) is 38.4 Å². The molecular formula is C15H25N3O2. The fourth-order valence-electron chi connectivity index (χ4n) is 4.01. The second-order valence-electron chi connectivity index (χ2n) is 6.07. The van der Waals surface area contributed by atoms with Crippen LogP contribution in [0.15, 0.2) is 10.9 Å². The summed E-state index contributed by atoms with van der Waals surface area (Å²) >= 11 is 0. The Morgan fingerprint density at radius 1 is 1.40 bits per heavy atom. The smallest absolute Gasteiger partial charge is 0.227 e. The minimum Gasteiger partial charge on any atom is -0.378 e. The summed E-state index contributed by atoms with van der Waals surface area (Å²) in [5, 5.41) is 7.34. The minimum absolute atomic E-state index is 0.392. The summed E-state index contributed by atoms with van der Waals surface area (Å²) in [6, 6.07) is 0.599. The first kappa shape index (κ1) is 14.0. The van der Waals surface area contributed by atoms with Gasteiger partial charge in [0.25, 0.3) is 0 Å². The van der Waals surface area contributed by atoms with E-state index in [4.69, 9.17) is 9.26 Å². The van der Waals surface area contributed by atoms with Crippen molar-refractivity contribution in [1.29, 1.82) is 0 Å². The van der Waals surface area contributed by atoms with Crippen LogP contribution in [0.25, 0.3) is 0 Å². The van der Waals surface area contributed by atoms with Crippen LogP contribution < -0.4 is 5.32 Å². The predicted molar refractivity (Wildman–Crippen MR) is 75.3 cm³/mol. The number of aromatic nitrogens is 2. The predicted octanol–water partition coefficient (Wildman–Crippen LogP) is 2.33. The number of rotatable bonds is 6. The SMILES string of the molecule is CCOC1CC(NCCc2ncno2)C12CCCCC2. The molecule has 0 radical (unpaired) electrons. The highest BCUT2D eigenvalue weighted by molar-refractivity contribution is 5.09. The second-order valence-corrected chi connectivity index (χ2v) is 6.07. The molecule has 1 spiro atoms. The van der Waals surface area contributed by atoms with Crippen molar-refractivity contribution in [3.05, 3.63) is 12.2 Å². The molecule has 112 valence electrons. The molecule has 2 unspecified atom stereocenters. The van der Waals surface area contributed by atoms with Gasteiger partial charge in [0, 0.05) is 31.0 Å². The summed E-state index contributed by atoms with van der Waals surface area (Å²) in [5.74, 6) is 0.718. The Labute approximate surface area is 120 Å². The van der Waals surface area contributed by atoms with E-state index in [2.05, 4.69) is 22.4 Å². The summed E-state index contributed by atoms with van der Waals surface area (Å²) in [6.45, 7) is 3.85. The highest BCUT2D eigenvalue weighted by Gasteiger charge is 2.55. The maximum absolute atomic E-state index is 5.97. The third-order valence-corrected chi connectivity index (χ3v) is 5.07. The highest BCUT2D eigenvalue weighted by atomic mass is 16.5. The summed E-state index contributed by atoms with van der Waals surface area (Å²) in [5.41, 5.74) is 0.392. The van der Waals surface area contributed by atoms with Crippen molar-refractivity contribution in [3.63, 3.8) is 0 Å². The molecule has 0 aliphatic heterocycles. The molecule has 2 atom stereocenters. The first-order valence-electron chi connectivity index (χ1n) is 7.95. The van der Waals surface area contributed by atoms with Crippen LogP contribution in [0.3, 0.4) is 0 Å². The van der Waals surface area contributed by atoms with Crippen molar-refractivity contribution in [1.82, 2.24) is 15.5 Å². The summed E-state index contributed by atoms with van der Waals surface area (Å²) in [4.78, 5) is 4.06. The molecular weight excluding hydrogens is 254 g/mol. The van der Waals surface area contributed by atoms with Crippen LogP contribution in [0.5, 0.6) is 0 Å². The van der Waals surface area contributed by atoms with Crippen LogP contribution in [0.2, 0.25) is 0 Å². The first-order chi connectivity index (χ1) is 9.85. The van der Waals surface area contributed by atoms with Crippen molar-refractivity contribution in [2.45, 2.75) is 64.0 Å². The molecule has 20 heavy (non-hydrogen) atoms. The molecule has 2 aliphatic rings. The molecule has 3 rings (SSSR count). The third kappa shape index (κ3) is 2.61. The van der Waals surface area contributed by atoms with Crippen LogP contribution in [-0.4, -0.2) is 35.4 Å². The van der Waals surface area contributed by atoms with Crippen LogP contribution in [-0.2, 0) is 11.2 Å². The quantitative estimate of drug-likeness (QED) is 0.866. The fraction of sp³-hybridized carbons (Fsp3) is 0.867. The van der Waals surface area contributed by atoms with Crippen molar-refractivity contribution in [2.75, 3.05) is 13.2 Å². The number of nitrogens with one attached hydrogen (secondary N) is 1. The van der Waals surface area contributed by atoms with Crippen molar-refractivity contribution in [2.24, 2.45) is 5.41 Å². The minimum atomic E-state index is 0.392. The zero-order valence-corrected chi connectivity index (χ0v) is 12.3. The molecule has 1 aromatic rings. The number of hydrogen-bond donors (Lipinski definition) is 1. The molecule has 5 heteroatoms. The van der Waals surface area contributed by atoms with E-state index in [0.717, 1.165) is 31.9 Å². The van der Waals surface area contributed by atoms with Gasteiger partial charge < -0.3 is 14.6 Å². The maximum Gasteiger partial charge on any atom is 0.227 e. The lowest BCUT2D eigenvalue weighted by molar-refractivity contribution is -0.149. The standard InChI is InChI=1S/C15H25N3O2/c1-2-19-13-10-12(15(13)7-4-3-5-8-15)16-9-6-14-17-11-18-20-14/h11-13,16H,2-10H2,1H3. The van der Waals surface area contributed by atoms with E-state index in [1.807, 2.05) is 0 Å². The Balaban J connectivity index is 1.53. The van der Waals surface area contributed by atoms with E-state index in [9.17, 15) is 0 Å². The van der Waals surface area contributed by atoms with Gasteiger partial charge >= 0.3 is 0 Å². The monoisotopic (exact) mass is 279 g/mol. The van der Waals surface area contributed by atoms with Gasteiger partial charge in [-0.2, -0.15) is 4.98 Å². The average Bonchev–Trinajstić information content (AvgIpc) is 3.00. The zero-order chi connectivity index (χ0) is 13.8. The molecule has 0 aromatic carbocycles. The molecule has 2 aliphatic carbocycles. The van der Waals surface area contributed by atoms with Crippen molar-refractivity contribution in [3.8, 4) is 0 Å². The summed E-state index contributed by atoms with van der Waals surface area (Å²) in [6.07, 6.45) is 10.6. The lowest BCUT2D eigenvalue weighted by atomic mass is 9.55. The average molecular weight is 279 g/mol. The Morgan fingerprint density at radius 2 is 2.25 bits per heavy atom. The van der Waals surface area contributed by atoms with Crippen molar-refractivity contribution >= 4 is 0 Å². The molecule has 5 nitrogen and oxygen atoms in total. The topological polar surface area (TPSA) is 60.2 Å². The van der Waals surface area contributed by atoms with E-state index in [1.54, 1.807) is 0 Å². The van der Waals surface area contributed by atoms with Gasteiger partial charge in [0.15, 0.2) is 6.33 Å². The summed E-state index contributed by atoms with van der Waals surface area (Å²) in [7, 11) is 0. The molecule has 0 saturated heterocycles. The fourth-order valence-corrected chi connectivity index (χ4v) is 4.01. The van der Waals surface area contributed by atoms with Gasteiger partial charge in [-0.1, -0.05) is 24.4 Å². The van der Waals surface area contributed by atoms with Gasteiger partial charge in [-0.05, 0) is 26.2 Å².